The molecule has 0 aliphatic rings. The van der Waals surface area contributed by atoms with Gasteiger partial charge in [-0.1, -0.05) is 25.1 Å². The van der Waals surface area contributed by atoms with Gasteiger partial charge in [0.15, 0.2) is 0 Å². The summed E-state index contributed by atoms with van der Waals surface area (Å²) in [5, 5.41) is 11.1. The van der Waals surface area contributed by atoms with E-state index in [1.807, 2.05) is 38.1 Å². The van der Waals surface area contributed by atoms with Gasteiger partial charge < -0.3 is 4.90 Å². The van der Waals surface area contributed by atoms with Crippen LogP contribution in [0.25, 0.3) is 0 Å². The number of hydrogen-bond donors (Lipinski definition) is 0. The molecule has 0 aromatic heterocycles. The summed E-state index contributed by atoms with van der Waals surface area (Å²) in [4.78, 5) is 25.1. The minimum absolute atomic E-state index is 0.0310. The van der Waals surface area contributed by atoms with E-state index in [-0.39, 0.29) is 11.6 Å². The second-order valence-electron chi connectivity index (χ2n) is 5.55. The maximum Gasteiger partial charge on any atom is 0.273 e. The summed E-state index contributed by atoms with van der Waals surface area (Å²) in [6.45, 7) is 6.18. The zero-order chi connectivity index (χ0) is 17.0. The van der Waals surface area contributed by atoms with Crippen LogP contribution in [0.1, 0.15) is 34.8 Å². The fraction of sp³-hybridized carbons (Fsp3) is 0.278. The third-order valence-corrected chi connectivity index (χ3v) is 3.66. The molecule has 0 spiro atoms. The van der Waals surface area contributed by atoms with Gasteiger partial charge in [0.25, 0.3) is 11.6 Å². The Labute approximate surface area is 135 Å². The number of aryl methyl sites for hydroxylation is 2. The lowest BCUT2D eigenvalue weighted by Gasteiger charge is -2.23. The summed E-state index contributed by atoms with van der Waals surface area (Å²) >= 11 is 0. The van der Waals surface area contributed by atoms with Gasteiger partial charge in [-0.2, -0.15) is 0 Å². The Kier molecular flexibility index (Phi) is 5.11. The van der Waals surface area contributed by atoms with Crippen molar-refractivity contribution in [2.45, 2.75) is 27.2 Å². The van der Waals surface area contributed by atoms with Gasteiger partial charge in [-0.25, -0.2) is 0 Å². The Morgan fingerprint density at radius 1 is 1.17 bits per heavy atom. The number of nitro groups is 1. The number of carbonyl (C=O) groups excluding carboxylic acids is 1. The third-order valence-electron chi connectivity index (χ3n) is 3.66. The molecule has 0 radical (unpaired) electrons. The van der Waals surface area contributed by atoms with E-state index in [9.17, 15) is 14.9 Å². The summed E-state index contributed by atoms with van der Waals surface area (Å²) in [5.74, 6) is -0.222. The molecule has 0 fully saturated rings. The molecular formula is C18H20N2O3. The zero-order valence-electron chi connectivity index (χ0n) is 13.6. The van der Waals surface area contributed by atoms with Gasteiger partial charge in [0.1, 0.15) is 0 Å². The molecule has 0 heterocycles. The number of amides is 1. The molecule has 0 unspecified atom stereocenters. The quantitative estimate of drug-likeness (QED) is 0.612. The summed E-state index contributed by atoms with van der Waals surface area (Å²) < 4.78 is 0. The summed E-state index contributed by atoms with van der Waals surface area (Å²) in [5.41, 5.74) is 2.71. The molecule has 0 saturated heterocycles. The number of benzene rings is 2. The van der Waals surface area contributed by atoms with Gasteiger partial charge in [-0.05, 0) is 44.0 Å². The van der Waals surface area contributed by atoms with Crippen molar-refractivity contribution in [1.29, 1.82) is 0 Å². The molecule has 0 bridgehead atoms. The van der Waals surface area contributed by atoms with Gasteiger partial charge in [-0.3, -0.25) is 14.9 Å². The number of nitro benzene ring substituents is 1. The minimum atomic E-state index is -0.455. The zero-order valence-corrected chi connectivity index (χ0v) is 13.6. The van der Waals surface area contributed by atoms with Crippen molar-refractivity contribution in [3.05, 3.63) is 69.3 Å². The van der Waals surface area contributed by atoms with Gasteiger partial charge in [-0.15, -0.1) is 0 Å². The fourth-order valence-electron chi connectivity index (χ4n) is 2.46. The Bertz CT molecular complexity index is 741. The third kappa shape index (κ3) is 3.74. The standard InChI is InChI=1S/C18H20N2O3/c1-4-10-19(16-7-5-6-13(2)11-16)18(21)15-9-8-14(3)17(12-15)20(22)23/h5-9,11-12H,4,10H2,1-3H3. The number of hydrogen-bond acceptors (Lipinski definition) is 3. The van der Waals surface area contributed by atoms with Gasteiger partial charge in [0.2, 0.25) is 0 Å². The lowest BCUT2D eigenvalue weighted by atomic mass is 10.1. The van der Waals surface area contributed by atoms with Crippen LogP contribution < -0.4 is 4.90 Å². The lowest BCUT2D eigenvalue weighted by Crippen LogP contribution is -2.31. The predicted molar refractivity (Wildman–Crippen MR) is 91.0 cm³/mol. The molecule has 2 aromatic rings. The van der Waals surface area contributed by atoms with Crippen LogP contribution in [0.2, 0.25) is 0 Å². The van der Waals surface area contributed by atoms with Crippen LogP contribution in [0.15, 0.2) is 42.5 Å². The average molecular weight is 312 g/mol. The molecule has 120 valence electrons. The van der Waals surface area contributed by atoms with Crippen molar-refractivity contribution in [3.63, 3.8) is 0 Å². The van der Waals surface area contributed by atoms with Crippen molar-refractivity contribution >= 4 is 17.3 Å². The number of nitrogens with zero attached hydrogens (tertiary/aromatic N) is 2. The van der Waals surface area contributed by atoms with Gasteiger partial charge in [0, 0.05) is 29.4 Å². The van der Waals surface area contributed by atoms with Crippen LogP contribution in [-0.4, -0.2) is 17.4 Å². The highest BCUT2D eigenvalue weighted by atomic mass is 16.6. The Balaban J connectivity index is 2.42. The lowest BCUT2D eigenvalue weighted by molar-refractivity contribution is -0.385. The SMILES string of the molecule is CCCN(C(=O)c1ccc(C)c([N+](=O)[O-])c1)c1cccc(C)c1. The van der Waals surface area contributed by atoms with Crippen molar-refractivity contribution in [1.82, 2.24) is 0 Å². The van der Waals surface area contributed by atoms with Crippen LogP contribution >= 0.6 is 0 Å². The summed E-state index contributed by atoms with van der Waals surface area (Å²) in [7, 11) is 0. The molecule has 0 aliphatic carbocycles. The van der Waals surface area contributed by atoms with Crippen molar-refractivity contribution < 1.29 is 9.72 Å². The second kappa shape index (κ2) is 7.05. The van der Waals surface area contributed by atoms with E-state index in [0.717, 1.165) is 17.7 Å². The van der Waals surface area contributed by atoms with E-state index in [2.05, 4.69) is 0 Å². The molecule has 2 aromatic carbocycles. The Hall–Kier alpha value is -2.69. The summed E-state index contributed by atoms with van der Waals surface area (Å²) in [6, 6.07) is 12.3. The largest absolute Gasteiger partial charge is 0.308 e. The highest BCUT2D eigenvalue weighted by Crippen LogP contribution is 2.23. The molecular weight excluding hydrogens is 292 g/mol. The van der Waals surface area contributed by atoms with Crippen molar-refractivity contribution in [2.75, 3.05) is 11.4 Å². The first-order chi connectivity index (χ1) is 10.9. The smallest absolute Gasteiger partial charge is 0.273 e. The summed E-state index contributed by atoms with van der Waals surface area (Å²) in [6.07, 6.45) is 0.799. The molecule has 5 nitrogen and oxygen atoms in total. The first-order valence-corrected chi connectivity index (χ1v) is 7.57. The predicted octanol–water partition coefficient (Wildman–Crippen LogP) is 4.27. The van der Waals surface area contributed by atoms with E-state index in [0.29, 0.717) is 17.7 Å². The van der Waals surface area contributed by atoms with E-state index >= 15 is 0 Å². The number of anilines is 1. The van der Waals surface area contributed by atoms with Crippen LogP contribution in [0.4, 0.5) is 11.4 Å². The maximum absolute atomic E-state index is 12.8. The Morgan fingerprint density at radius 3 is 2.52 bits per heavy atom. The highest BCUT2D eigenvalue weighted by Gasteiger charge is 2.20. The van der Waals surface area contributed by atoms with Crippen LogP contribution in [0.3, 0.4) is 0 Å². The molecule has 2 rings (SSSR count). The van der Waals surface area contributed by atoms with Crippen molar-refractivity contribution in [2.24, 2.45) is 0 Å². The topological polar surface area (TPSA) is 63.5 Å². The number of carbonyl (C=O) groups is 1. The van der Waals surface area contributed by atoms with Crippen LogP contribution in [0.5, 0.6) is 0 Å². The average Bonchev–Trinajstić information content (AvgIpc) is 2.52. The van der Waals surface area contributed by atoms with E-state index in [1.165, 1.54) is 6.07 Å². The molecule has 23 heavy (non-hydrogen) atoms. The van der Waals surface area contributed by atoms with E-state index in [4.69, 9.17) is 0 Å². The van der Waals surface area contributed by atoms with Crippen LogP contribution in [0, 0.1) is 24.0 Å². The van der Waals surface area contributed by atoms with E-state index in [1.54, 1.807) is 24.0 Å². The molecule has 5 heteroatoms. The second-order valence-corrected chi connectivity index (χ2v) is 5.55. The van der Waals surface area contributed by atoms with Gasteiger partial charge >= 0.3 is 0 Å². The van der Waals surface area contributed by atoms with E-state index < -0.39 is 4.92 Å². The molecule has 0 N–H and O–H groups in total. The van der Waals surface area contributed by atoms with Crippen LogP contribution in [-0.2, 0) is 0 Å². The maximum atomic E-state index is 12.8. The normalized spacial score (nSPS) is 10.4. The Morgan fingerprint density at radius 2 is 1.91 bits per heavy atom. The first kappa shape index (κ1) is 16.7. The molecule has 1 amide bonds. The minimum Gasteiger partial charge on any atom is -0.308 e. The molecule has 0 aliphatic heterocycles. The monoisotopic (exact) mass is 312 g/mol. The van der Waals surface area contributed by atoms with Gasteiger partial charge in [0.05, 0.1) is 4.92 Å². The number of rotatable bonds is 5. The highest BCUT2D eigenvalue weighted by molar-refractivity contribution is 6.06. The van der Waals surface area contributed by atoms with Crippen molar-refractivity contribution in [3.8, 4) is 0 Å². The molecule has 0 saturated carbocycles. The molecule has 0 atom stereocenters. The fourth-order valence-corrected chi connectivity index (χ4v) is 2.46. The first-order valence-electron chi connectivity index (χ1n) is 7.57.